The molecule has 0 aromatic carbocycles. The maximum absolute atomic E-state index is 13.8. The molecule has 2 aromatic rings. The van der Waals surface area contributed by atoms with Gasteiger partial charge in [0.25, 0.3) is 0 Å². The van der Waals surface area contributed by atoms with E-state index >= 15 is 0 Å². The summed E-state index contributed by atoms with van der Waals surface area (Å²) in [6, 6.07) is 0.644. The normalized spacial score (nSPS) is 20.6. The highest BCUT2D eigenvalue weighted by Gasteiger charge is 2.40. The second-order valence-corrected chi connectivity index (χ2v) is 9.72. The fraction of sp³-hybridized carbons (Fsp3) is 0.571. The Morgan fingerprint density at radius 1 is 1.24 bits per heavy atom. The number of nitrogens with zero attached hydrogens (tertiary/aromatic N) is 6. The Morgan fingerprint density at radius 3 is 2.64 bits per heavy atom. The zero-order chi connectivity index (χ0) is 23.9. The van der Waals surface area contributed by atoms with E-state index in [2.05, 4.69) is 10.1 Å². The highest BCUT2D eigenvalue weighted by molar-refractivity contribution is 6.30. The summed E-state index contributed by atoms with van der Waals surface area (Å²) in [5.74, 6) is -0.169. The van der Waals surface area contributed by atoms with Crippen LogP contribution in [-0.2, 0) is 22.6 Å². The Bertz CT molecular complexity index is 1130. The first-order chi connectivity index (χ1) is 15.5. The van der Waals surface area contributed by atoms with Crippen LogP contribution < -0.4 is 5.69 Å². The van der Waals surface area contributed by atoms with Crippen LogP contribution >= 0.6 is 11.6 Å². The summed E-state index contributed by atoms with van der Waals surface area (Å²) in [6.07, 6.45) is 1.58. The minimum Gasteiger partial charge on any atom is -0.444 e. The molecular formula is C21H26ClFN6O4. The number of hydrogen-bond donors (Lipinski definition) is 0. The zero-order valence-electron chi connectivity index (χ0n) is 18.7. The van der Waals surface area contributed by atoms with Crippen LogP contribution in [-0.4, -0.2) is 72.5 Å². The van der Waals surface area contributed by atoms with Gasteiger partial charge in [-0.2, -0.15) is 5.10 Å². The number of halogens is 2. The molecule has 2 aromatic heterocycles. The number of carbonyl (C=O) groups excluding carboxylic acids is 2. The van der Waals surface area contributed by atoms with E-state index in [4.69, 9.17) is 16.3 Å². The third kappa shape index (κ3) is 5.02. The van der Waals surface area contributed by atoms with Crippen molar-refractivity contribution >= 4 is 23.6 Å². The Morgan fingerprint density at radius 2 is 2.00 bits per heavy atom. The molecule has 4 rings (SSSR count). The average Bonchev–Trinajstić information content (AvgIpc) is 3.29. The Labute approximate surface area is 194 Å². The van der Waals surface area contributed by atoms with Gasteiger partial charge in [-0.25, -0.2) is 18.7 Å². The van der Waals surface area contributed by atoms with E-state index in [0.717, 1.165) is 0 Å². The molecule has 33 heavy (non-hydrogen) atoms. The lowest BCUT2D eigenvalue weighted by Gasteiger charge is -2.35. The molecule has 12 heteroatoms. The van der Waals surface area contributed by atoms with E-state index < -0.39 is 35.5 Å². The molecule has 4 heterocycles. The quantitative estimate of drug-likeness (QED) is 0.665. The predicted molar refractivity (Wildman–Crippen MR) is 117 cm³/mol. The molecule has 1 unspecified atom stereocenters. The molecule has 0 N–H and O–H groups in total. The number of likely N-dealkylation sites (tertiary alicyclic amines) is 1. The number of rotatable bonds is 3. The molecule has 178 valence electrons. The predicted octanol–water partition coefficient (Wildman–Crippen LogP) is 2.00. The summed E-state index contributed by atoms with van der Waals surface area (Å²) in [6.45, 7) is 5.48. The SMILES string of the molecule is CC(C)(C)OC(=O)N1Cc2nn(Cc3cncc(Cl)c3)c(=O)n2C(C(=O)N2CC[C@H](F)C2)C1. The van der Waals surface area contributed by atoms with E-state index in [-0.39, 0.29) is 45.0 Å². The van der Waals surface area contributed by atoms with Crippen molar-refractivity contribution in [3.63, 3.8) is 0 Å². The number of fused-ring (bicyclic) bond motifs is 1. The summed E-state index contributed by atoms with van der Waals surface area (Å²) < 4.78 is 21.7. The lowest BCUT2D eigenvalue weighted by molar-refractivity contribution is -0.135. The molecule has 2 aliphatic rings. The van der Waals surface area contributed by atoms with Gasteiger partial charge in [-0.05, 0) is 38.8 Å². The second-order valence-electron chi connectivity index (χ2n) is 9.28. The molecule has 0 radical (unpaired) electrons. The topological polar surface area (TPSA) is 103 Å². The molecule has 10 nitrogen and oxygen atoms in total. The van der Waals surface area contributed by atoms with Crippen LogP contribution in [0.25, 0.3) is 0 Å². The average molecular weight is 481 g/mol. The maximum Gasteiger partial charge on any atom is 0.410 e. The lowest BCUT2D eigenvalue weighted by Crippen LogP contribution is -2.51. The number of hydrogen-bond acceptors (Lipinski definition) is 6. The van der Waals surface area contributed by atoms with Gasteiger partial charge in [0.1, 0.15) is 17.8 Å². The summed E-state index contributed by atoms with van der Waals surface area (Å²) in [5, 5.41) is 4.80. The van der Waals surface area contributed by atoms with Crippen molar-refractivity contribution < 1.29 is 18.7 Å². The molecule has 1 fully saturated rings. The molecule has 0 saturated carbocycles. The van der Waals surface area contributed by atoms with Crippen LogP contribution in [0, 0.1) is 0 Å². The largest absolute Gasteiger partial charge is 0.444 e. The highest BCUT2D eigenvalue weighted by atomic mass is 35.5. The van der Waals surface area contributed by atoms with E-state index in [1.165, 1.54) is 25.2 Å². The standard InChI is InChI=1S/C21H26ClFN6O4/c1-21(2,3)33-20(32)27-11-16(18(30)26-5-4-15(23)10-26)29-17(12-27)25-28(19(29)31)9-13-6-14(22)8-24-7-13/h6-8,15-16H,4-5,9-12H2,1-3H3/t15-,16?/m0/s1. The van der Waals surface area contributed by atoms with E-state index in [1.807, 2.05) is 0 Å². The molecule has 2 atom stereocenters. The van der Waals surface area contributed by atoms with Crippen molar-refractivity contribution in [2.45, 2.75) is 58.1 Å². The van der Waals surface area contributed by atoms with Gasteiger partial charge in [0.15, 0.2) is 5.82 Å². The van der Waals surface area contributed by atoms with Crippen LogP contribution in [0.2, 0.25) is 5.02 Å². The summed E-state index contributed by atoms with van der Waals surface area (Å²) in [4.78, 5) is 46.0. The Kier molecular flexibility index (Phi) is 6.17. The molecule has 1 saturated heterocycles. The highest BCUT2D eigenvalue weighted by Crippen LogP contribution is 2.25. The van der Waals surface area contributed by atoms with E-state index in [0.29, 0.717) is 10.6 Å². The van der Waals surface area contributed by atoms with Crippen molar-refractivity contribution in [1.29, 1.82) is 0 Å². The van der Waals surface area contributed by atoms with Crippen molar-refractivity contribution in [2.75, 3.05) is 19.6 Å². The van der Waals surface area contributed by atoms with Crippen LogP contribution in [0.1, 0.15) is 44.6 Å². The van der Waals surface area contributed by atoms with Gasteiger partial charge in [-0.1, -0.05) is 11.6 Å². The number of amides is 2. The van der Waals surface area contributed by atoms with Gasteiger partial charge in [0.05, 0.1) is 31.2 Å². The van der Waals surface area contributed by atoms with Crippen LogP contribution in [0.5, 0.6) is 0 Å². The Hall–Kier alpha value is -2.95. The second kappa shape index (κ2) is 8.77. The van der Waals surface area contributed by atoms with Crippen molar-refractivity contribution in [2.24, 2.45) is 0 Å². The fourth-order valence-corrected chi connectivity index (χ4v) is 4.21. The van der Waals surface area contributed by atoms with Gasteiger partial charge < -0.3 is 9.64 Å². The van der Waals surface area contributed by atoms with Crippen LogP contribution in [0.3, 0.4) is 0 Å². The number of aromatic nitrogens is 4. The van der Waals surface area contributed by atoms with Gasteiger partial charge >= 0.3 is 11.8 Å². The molecule has 2 amide bonds. The van der Waals surface area contributed by atoms with Gasteiger partial charge in [0, 0.05) is 18.9 Å². The number of ether oxygens (including phenoxy) is 1. The van der Waals surface area contributed by atoms with Crippen molar-refractivity contribution in [3.8, 4) is 0 Å². The number of alkyl halides is 1. The van der Waals surface area contributed by atoms with Crippen molar-refractivity contribution in [3.05, 3.63) is 45.4 Å². The first-order valence-electron chi connectivity index (χ1n) is 10.7. The fourth-order valence-electron chi connectivity index (χ4n) is 4.01. The van der Waals surface area contributed by atoms with Gasteiger partial charge in [-0.15, -0.1) is 0 Å². The lowest BCUT2D eigenvalue weighted by atomic mass is 10.1. The zero-order valence-corrected chi connectivity index (χ0v) is 19.5. The monoisotopic (exact) mass is 480 g/mol. The third-order valence-corrected chi connectivity index (χ3v) is 5.66. The van der Waals surface area contributed by atoms with Crippen LogP contribution in [0.15, 0.2) is 23.3 Å². The van der Waals surface area contributed by atoms with Gasteiger partial charge in [0.2, 0.25) is 5.91 Å². The number of carbonyl (C=O) groups is 2. The molecule has 0 bridgehead atoms. The van der Waals surface area contributed by atoms with Gasteiger partial charge in [-0.3, -0.25) is 19.2 Å². The minimum absolute atomic E-state index is 0.000462. The summed E-state index contributed by atoms with van der Waals surface area (Å²) >= 11 is 5.99. The van der Waals surface area contributed by atoms with Crippen LogP contribution in [0.4, 0.5) is 9.18 Å². The van der Waals surface area contributed by atoms with Crippen molar-refractivity contribution in [1.82, 2.24) is 29.1 Å². The maximum atomic E-state index is 13.8. The molecule has 0 spiro atoms. The summed E-state index contributed by atoms with van der Waals surface area (Å²) in [7, 11) is 0. The Balaban J connectivity index is 1.68. The molecule has 0 aliphatic carbocycles. The smallest absolute Gasteiger partial charge is 0.410 e. The first kappa shape index (κ1) is 23.2. The van der Waals surface area contributed by atoms with E-state index in [9.17, 15) is 18.8 Å². The minimum atomic E-state index is -1.10. The third-order valence-electron chi connectivity index (χ3n) is 5.45. The number of pyridine rings is 1. The molecular weight excluding hydrogens is 455 g/mol. The first-order valence-corrected chi connectivity index (χ1v) is 11.1. The summed E-state index contributed by atoms with van der Waals surface area (Å²) in [5.41, 5.74) is -0.571. The van der Waals surface area contributed by atoms with E-state index in [1.54, 1.807) is 33.0 Å². The molecule has 2 aliphatic heterocycles.